The van der Waals surface area contributed by atoms with Crippen LogP contribution in [-0.2, 0) is 12.7 Å². The van der Waals surface area contributed by atoms with Crippen molar-refractivity contribution in [2.24, 2.45) is 0 Å². The van der Waals surface area contributed by atoms with Gasteiger partial charge in [0.15, 0.2) is 11.6 Å². The molecule has 3 aromatic rings. The largest absolute Gasteiger partial charge is 0.416 e. The van der Waals surface area contributed by atoms with E-state index in [1.54, 1.807) is 17.0 Å². The van der Waals surface area contributed by atoms with Crippen molar-refractivity contribution in [3.63, 3.8) is 0 Å². The highest BCUT2D eigenvalue weighted by Crippen LogP contribution is 2.31. The molecule has 2 aromatic carbocycles. The van der Waals surface area contributed by atoms with Crippen LogP contribution >= 0.6 is 0 Å². The number of hydrogen-bond acceptors (Lipinski definition) is 4. The predicted octanol–water partition coefficient (Wildman–Crippen LogP) is 4.15. The van der Waals surface area contributed by atoms with E-state index >= 15 is 4.39 Å². The molecule has 186 valence electrons. The zero-order chi connectivity index (χ0) is 24.6. The Morgan fingerprint density at radius 3 is 2.34 bits per heavy atom. The third-order valence-corrected chi connectivity index (χ3v) is 6.95. The number of H-pyrrole nitrogens is 1. The van der Waals surface area contributed by atoms with Crippen LogP contribution in [0.1, 0.15) is 46.1 Å². The molecule has 5 rings (SSSR count). The van der Waals surface area contributed by atoms with E-state index in [4.69, 9.17) is 0 Å². The van der Waals surface area contributed by atoms with Crippen LogP contribution in [0, 0.1) is 5.82 Å². The van der Waals surface area contributed by atoms with Crippen LogP contribution in [0.2, 0.25) is 0 Å². The van der Waals surface area contributed by atoms with Crippen molar-refractivity contribution in [3.05, 3.63) is 64.7 Å². The Bertz CT molecular complexity index is 1190. The quantitative estimate of drug-likeness (QED) is 0.541. The minimum absolute atomic E-state index is 0.123. The zero-order valence-electron chi connectivity index (χ0n) is 19.2. The van der Waals surface area contributed by atoms with E-state index in [-0.39, 0.29) is 29.0 Å². The Labute approximate surface area is 200 Å². The highest BCUT2D eigenvalue weighted by molar-refractivity contribution is 5.94. The van der Waals surface area contributed by atoms with Gasteiger partial charge in [0.2, 0.25) is 0 Å². The molecule has 0 unspecified atom stereocenters. The maximum absolute atomic E-state index is 15.2. The number of rotatable bonds is 4. The smallest absolute Gasteiger partial charge is 0.334 e. The van der Waals surface area contributed by atoms with E-state index in [2.05, 4.69) is 20.2 Å². The first-order valence-electron chi connectivity index (χ1n) is 11.9. The lowest BCUT2D eigenvalue weighted by Gasteiger charge is -2.34. The third-order valence-electron chi connectivity index (χ3n) is 6.95. The molecule has 2 fully saturated rings. The van der Waals surface area contributed by atoms with Crippen LogP contribution < -0.4 is 5.32 Å². The van der Waals surface area contributed by atoms with Gasteiger partial charge in [-0.3, -0.25) is 9.69 Å². The topological polar surface area (TPSA) is 64.3 Å². The number of nitrogens with one attached hydrogen (secondary N) is 2. The lowest BCUT2D eigenvalue weighted by molar-refractivity contribution is -0.137. The van der Waals surface area contributed by atoms with Gasteiger partial charge < -0.3 is 15.2 Å². The summed E-state index contributed by atoms with van der Waals surface area (Å²) in [5.74, 6) is -0.365. The van der Waals surface area contributed by atoms with Crippen LogP contribution in [-0.4, -0.2) is 64.9 Å². The number of piperidine rings is 1. The van der Waals surface area contributed by atoms with E-state index in [9.17, 15) is 18.0 Å². The molecule has 2 N–H and O–H groups in total. The third kappa shape index (κ3) is 5.04. The highest BCUT2D eigenvalue weighted by Gasteiger charge is 2.30. The molecule has 2 saturated heterocycles. The number of piperazine rings is 1. The summed E-state index contributed by atoms with van der Waals surface area (Å²) in [4.78, 5) is 24.1. The van der Waals surface area contributed by atoms with E-state index in [1.807, 2.05) is 0 Å². The molecule has 0 spiro atoms. The average molecular weight is 490 g/mol. The van der Waals surface area contributed by atoms with E-state index in [1.165, 1.54) is 12.1 Å². The second kappa shape index (κ2) is 9.58. The molecule has 10 heteroatoms. The monoisotopic (exact) mass is 489 g/mol. The molecule has 0 radical (unpaired) electrons. The second-order valence-electron chi connectivity index (χ2n) is 9.24. The summed E-state index contributed by atoms with van der Waals surface area (Å²) < 4.78 is 53.5. The normalized spacial score (nSPS) is 18.3. The first-order valence-corrected chi connectivity index (χ1v) is 11.9. The number of benzene rings is 2. The predicted molar refractivity (Wildman–Crippen MR) is 124 cm³/mol. The van der Waals surface area contributed by atoms with Crippen molar-refractivity contribution < 1.29 is 22.4 Å². The molecule has 1 amide bonds. The molecule has 0 aliphatic carbocycles. The maximum atomic E-state index is 15.2. The number of hydrogen-bond donors (Lipinski definition) is 2. The van der Waals surface area contributed by atoms with E-state index < -0.39 is 11.7 Å². The Morgan fingerprint density at radius 1 is 1.00 bits per heavy atom. The fourth-order valence-electron chi connectivity index (χ4n) is 4.92. The number of amides is 1. The summed E-state index contributed by atoms with van der Waals surface area (Å²) in [5.41, 5.74) is 1.48. The second-order valence-corrected chi connectivity index (χ2v) is 9.24. The Morgan fingerprint density at radius 2 is 1.69 bits per heavy atom. The van der Waals surface area contributed by atoms with Gasteiger partial charge in [-0.1, -0.05) is 18.2 Å². The number of nitrogens with zero attached hydrogens (tertiary/aromatic N) is 3. The molecule has 1 aromatic heterocycles. The molecule has 2 aliphatic rings. The lowest BCUT2D eigenvalue weighted by atomic mass is 9.89. The van der Waals surface area contributed by atoms with Gasteiger partial charge >= 0.3 is 6.18 Å². The van der Waals surface area contributed by atoms with E-state index in [0.29, 0.717) is 43.8 Å². The van der Waals surface area contributed by atoms with Gasteiger partial charge in [0.1, 0.15) is 5.52 Å². The van der Waals surface area contributed by atoms with Gasteiger partial charge in [-0.2, -0.15) is 13.2 Å². The summed E-state index contributed by atoms with van der Waals surface area (Å²) in [6.07, 6.45) is -2.61. The standard InChI is InChI=1S/C25H27F4N5O/c26-21-19(17-7-9-30-10-8-17)5-6-20-22(21)32-23(31-20)24(35)34-13-11-33(12-14-34)15-16-1-3-18(4-2-16)25(27,28)29/h1-6,17,30H,7-15H2,(H,31,32). The molecule has 0 saturated carbocycles. The molecule has 0 atom stereocenters. The fraction of sp³-hybridized carbons (Fsp3) is 0.440. The number of alkyl halides is 3. The first kappa shape index (κ1) is 23.7. The highest BCUT2D eigenvalue weighted by atomic mass is 19.4. The molecular weight excluding hydrogens is 462 g/mol. The van der Waals surface area contributed by atoms with Crippen molar-refractivity contribution in [1.29, 1.82) is 0 Å². The van der Waals surface area contributed by atoms with Crippen LogP contribution in [0.5, 0.6) is 0 Å². The molecule has 0 bridgehead atoms. The average Bonchev–Trinajstić information content (AvgIpc) is 3.30. The Hall–Kier alpha value is -2.98. The summed E-state index contributed by atoms with van der Waals surface area (Å²) in [6.45, 7) is 4.31. The number of imidazole rings is 1. The number of aromatic nitrogens is 2. The zero-order valence-corrected chi connectivity index (χ0v) is 19.2. The van der Waals surface area contributed by atoms with Crippen molar-refractivity contribution in [2.45, 2.75) is 31.5 Å². The summed E-state index contributed by atoms with van der Waals surface area (Å²) in [6, 6.07) is 8.74. The van der Waals surface area contributed by atoms with Gasteiger partial charge in [0.25, 0.3) is 5.91 Å². The lowest BCUT2D eigenvalue weighted by Crippen LogP contribution is -2.48. The van der Waals surface area contributed by atoms with Crippen LogP contribution in [0.15, 0.2) is 36.4 Å². The van der Waals surface area contributed by atoms with Gasteiger partial charge in [-0.25, -0.2) is 9.37 Å². The van der Waals surface area contributed by atoms with Crippen LogP contribution in [0.25, 0.3) is 11.0 Å². The summed E-state index contributed by atoms with van der Waals surface area (Å²) in [5, 5.41) is 3.28. The van der Waals surface area contributed by atoms with E-state index in [0.717, 1.165) is 43.6 Å². The number of halogens is 4. The van der Waals surface area contributed by atoms with Crippen molar-refractivity contribution >= 4 is 16.9 Å². The summed E-state index contributed by atoms with van der Waals surface area (Å²) >= 11 is 0. The van der Waals surface area contributed by atoms with Crippen molar-refractivity contribution in [3.8, 4) is 0 Å². The van der Waals surface area contributed by atoms with Gasteiger partial charge in [-0.15, -0.1) is 0 Å². The van der Waals surface area contributed by atoms with Gasteiger partial charge in [0.05, 0.1) is 11.1 Å². The number of carbonyl (C=O) groups excluding carboxylic acids is 1. The molecule has 35 heavy (non-hydrogen) atoms. The first-order chi connectivity index (χ1) is 16.8. The van der Waals surface area contributed by atoms with Gasteiger partial charge in [-0.05, 0) is 61.2 Å². The molecule has 3 heterocycles. The van der Waals surface area contributed by atoms with Crippen LogP contribution in [0.3, 0.4) is 0 Å². The maximum Gasteiger partial charge on any atom is 0.416 e. The Balaban J connectivity index is 1.22. The van der Waals surface area contributed by atoms with Crippen molar-refractivity contribution in [2.75, 3.05) is 39.3 Å². The molecule has 2 aliphatic heterocycles. The number of fused-ring (bicyclic) bond motifs is 1. The van der Waals surface area contributed by atoms with Crippen molar-refractivity contribution in [1.82, 2.24) is 25.1 Å². The molecular formula is C25H27F4N5O. The molecule has 6 nitrogen and oxygen atoms in total. The SMILES string of the molecule is O=C(c1nc2c(F)c(C3CCNCC3)ccc2[nH]1)N1CCN(Cc2ccc(C(F)(F)F)cc2)CC1. The number of aromatic amines is 1. The number of carbonyl (C=O) groups is 1. The Kier molecular flexibility index (Phi) is 6.50. The minimum Gasteiger partial charge on any atom is -0.334 e. The van der Waals surface area contributed by atoms with Gasteiger partial charge in [0, 0.05) is 32.7 Å². The minimum atomic E-state index is -4.35. The fourth-order valence-corrected chi connectivity index (χ4v) is 4.92. The summed E-state index contributed by atoms with van der Waals surface area (Å²) in [7, 11) is 0. The van der Waals surface area contributed by atoms with Crippen LogP contribution in [0.4, 0.5) is 17.6 Å².